The summed E-state index contributed by atoms with van der Waals surface area (Å²) in [6.45, 7) is 2.09. The fourth-order valence-corrected chi connectivity index (χ4v) is 4.09. The molecule has 1 aliphatic rings. The fraction of sp³-hybridized carbons (Fsp3) is 0.200. The smallest absolute Gasteiger partial charge is 0.174 e. The Morgan fingerprint density at radius 3 is 2.65 bits per heavy atom. The van der Waals surface area contributed by atoms with E-state index >= 15 is 0 Å². The predicted molar refractivity (Wildman–Crippen MR) is 112 cm³/mol. The number of hydrogen-bond acceptors (Lipinski definition) is 2. The van der Waals surface area contributed by atoms with E-state index in [4.69, 9.17) is 12.2 Å². The average Bonchev–Trinajstić information content (AvgIpc) is 3.21. The van der Waals surface area contributed by atoms with Gasteiger partial charge in [-0.05, 0) is 67.2 Å². The molecule has 0 unspecified atom stereocenters. The molecule has 0 saturated carbocycles. The van der Waals surface area contributed by atoms with Gasteiger partial charge in [-0.2, -0.15) is 0 Å². The first-order valence-electron chi connectivity index (χ1n) is 8.44. The van der Waals surface area contributed by atoms with Gasteiger partial charge in [-0.3, -0.25) is 4.98 Å². The summed E-state index contributed by atoms with van der Waals surface area (Å²) in [5.41, 5.74) is 4.43. The van der Waals surface area contributed by atoms with Crippen LogP contribution in [0.4, 0.5) is 5.69 Å². The molecule has 4 nitrogen and oxygen atoms in total. The minimum Gasteiger partial charge on any atom is -0.353 e. The van der Waals surface area contributed by atoms with Crippen molar-refractivity contribution in [2.75, 3.05) is 4.90 Å². The summed E-state index contributed by atoms with van der Waals surface area (Å²) in [4.78, 5) is 6.78. The maximum atomic E-state index is 5.74. The lowest BCUT2D eigenvalue weighted by Gasteiger charge is -2.28. The highest BCUT2D eigenvalue weighted by atomic mass is 79.9. The van der Waals surface area contributed by atoms with Crippen LogP contribution in [0.1, 0.15) is 29.0 Å². The normalized spacial score (nSPS) is 19.7. The Morgan fingerprint density at radius 2 is 2.00 bits per heavy atom. The first-order valence-corrected chi connectivity index (χ1v) is 9.64. The van der Waals surface area contributed by atoms with Gasteiger partial charge in [-0.15, -0.1) is 0 Å². The molecule has 2 aromatic heterocycles. The maximum absolute atomic E-state index is 5.74. The Balaban J connectivity index is 1.85. The Bertz CT molecular complexity index is 953. The van der Waals surface area contributed by atoms with E-state index in [-0.39, 0.29) is 12.1 Å². The molecule has 1 aliphatic heterocycles. The number of aromatic nitrogens is 2. The molecule has 3 heterocycles. The second-order valence-electron chi connectivity index (χ2n) is 6.47. The molecule has 132 valence electrons. The van der Waals surface area contributed by atoms with Gasteiger partial charge in [-0.1, -0.05) is 22.0 Å². The highest BCUT2D eigenvalue weighted by Gasteiger charge is 2.41. The Hall–Kier alpha value is -2.18. The van der Waals surface area contributed by atoms with Gasteiger partial charge in [-0.25, -0.2) is 0 Å². The maximum Gasteiger partial charge on any atom is 0.174 e. The van der Waals surface area contributed by atoms with Gasteiger partial charge >= 0.3 is 0 Å². The number of rotatable bonds is 3. The monoisotopic (exact) mass is 426 g/mol. The largest absolute Gasteiger partial charge is 0.353 e. The van der Waals surface area contributed by atoms with E-state index in [0.29, 0.717) is 5.11 Å². The number of hydrogen-bond donors (Lipinski definition) is 1. The van der Waals surface area contributed by atoms with Crippen LogP contribution in [0, 0.1) is 6.92 Å². The minimum atomic E-state index is -0.0127. The molecular weight excluding hydrogens is 408 g/mol. The predicted octanol–water partition coefficient (Wildman–Crippen LogP) is 4.67. The number of anilines is 1. The van der Waals surface area contributed by atoms with Gasteiger partial charge in [0.25, 0.3) is 0 Å². The number of thiocarbonyl (C=S) groups is 1. The van der Waals surface area contributed by atoms with E-state index in [2.05, 4.69) is 86.2 Å². The summed E-state index contributed by atoms with van der Waals surface area (Å²) >= 11 is 9.32. The zero-order chi connectivity index (χ0) is 18.3. The van der Waals surface area contributed by atoms with Crippen molar-refractivity contribution in [3.05, 3.63) is 82.3 Å². The van der Waals surface area contributed by atoms with Crippen LogP contribution in [-0.4, -0.2) is 14.7 Å². The van der Waals surface area contributed by atoms with Crippen LogP contribution in [0.2, 0.25) is 0 Å². The third-order valence-electron chi connectivity index (χ3n) is 4.80. The molecule has 0 aliphatic carbocycles. The molecule has 0 amide bonds. The summed E-state index contributed by atoms with van der Waals surface area (Å²) in [5, 5.41) is 4.20. The van der Waals surface area contributed by atoms with E-state index in [1.54, 1.807) is 0 Å². The van der Waals surface area contributed by atoms with Crippen LogP contribution in [0.25, 0.3) is 0 Å². The van der Waals surface area contributed by atoms with Crippen molar-refractivity contribution in [2.24, 2.45) is 7.05 Å². The lowest BCUT2D eigenvalue weighted by atomic mass is 10.0. The molecule has 1 N–H and O–H groups in total. The van der Waals surface area contributed by atoms with Crippen molar-refractivity contribution >= 4 is 38.9 Å². The van der Waals surface area contributed by atoms with Crippen LogP contribution in [-0.2, 0) is 7.05 Å². The number of aryl methyl sites for hydroxylation is 2. The summed E-state index contributed by atoms with van der Waals surface area (Å²) in [6, 6.07) is 16.6. The second kappa shape index (κ2) is 6.85. The van der Waals surface area contributed by atoms with E-state index in [1.807, 2.05) is 24.4 Å². The third kappa shape index (κ3) is 2.93. The molecule has 1 aromatic carbocycles. The molecule has 1 fully saturated rings. The van der Waals surface area contributed by atoms with Crippen LogP contribution < -0.4 is 10.2 Å². The van der Waals surface area contributed by atoms with Crippen molar-refractivity contribution in [1.29, 1.82) is 0 Å². The average molecular weight is 427 g/mol. The van der Waals surface area contributed by atoms with E-state index in [9.17, 15) is 0 Å². The Morgan fingerprint density at radius 1 is 1.15 bits per heavy atom. The van der Waals surface area contributed by atoms with Crippen LogP contribution in [0.3, 0.4) is 0 Å². The minimum absolute atomic E-state index is 0.0127. The van der Waals surface area contributed by atoms with E-state index in [1.165, 1.54) is 11.3 Å². The first-order chi connectivity index (χ1) is 12.6. The highest BCUT2D eigenvalue weighted by Crippen LogP contribution is 2.41. The van der Waals surface area contributed by atoms with E-state index in [0.717, 1.165) is 15.9 Å². The zero-order valence-corrected chi connectivity index (χ0v) is 17.0. The molecule has 2 atom stereocenters. The van der Waals surface area contributed by atoms with Crippen LogP contribution >= 0.6 is 28.1 Å². The summed E-state index contributed by atoms with van der Waals surface area (Å²) < 4.78 is 3.24. The fourth-order valence-electron chi connectivity index (χ4n) is 3.49. The van der Waals surface area contributed by atoms with Crippen molar-refractivity contribution < 1.29 is 0 Å². The van der Waals surface area contributed by atoms with Gasteiger partial charge in [0.1, 0.15) is 6.04 Å². The van der Waals surface area contributed by atoms with E-state index < -0.39 is 0 Å². The topological polar surface area (TPSA) is 33.1 Å². The number of nitrogens with one attached hydrogen (secondary N) is 1. The molecule has 26 heavy (non-hydrogen) atoms. The molecule has 0 bridgehead atoms. The number of pyridine rings is 1. The standard InChI is InChI=1S/C20H19BrN4S/c1-13-12-14(8-9-15(13)21)25-19(17-7-5-11-24(17)2)18(23-20(25)26)16-6-3-4-10-22-16/h3-12,18-19H,1-2H3,(H,23,26)/t18-,19-/m1/s1. The molecule has 4 rings (SSSR count). The highest BCUT2D eigenvalue weighted by molar-refractivity contribution is 9.10. The van der Waals surface area contributed by atoms with Gasteiger partial charge in [0.15, 0.2) is 5.11 Å². The van der Waals surface area contributed by atoms with Crippen molar-refractivity contribution in [1.82, 2.24) is 14.9 Å². The second-order valence-corrected chi connectivity index (χ2v) is 7.72. The summed E-state index contributed by atoms with van der Waals surface area (Å²) in [5.74, 6) is 0. The number of benzene rings is 1. The van der Waals surface area contributed by atoms with Gasteiger partial charge in [0.05, 0.1) is 11.7 Å². The van der Waals surface area contributed by atoms with Crippen LogP contribution in [0.5, 0.6) is 0 Å². The van der Waals surface area contributed by atoms with Gasteiger partial charge < -0.3 is 14.8 Å². The number of halogens is 1. The molecule has 0 radical (unpaired) electrons. The van der Waals surface area contributed by atoms with Gasteiger partial charge in [0, 0.05) is 35.3 Å². The van der Waals surface area contributed by atoms with Crippen LogP contribution in [0.15, 0.2) is 65.4 Å². The SMILES string of the molecule is Cc1cc(N2C(=S)N[C@H](c3ccccn3)[C@H]2c2cccn2C)ccc1Br. The lowest BCUT2D eigenvalue weighted by molar-refractivity contribution is 0.541. The molecule has 3 aromatic rings. The molecule has 1 saturated heterocycles. The summed E-state index contributed by atoms with van der Waals surface area (Å²) in [6.07, 6.45) is 3.89. The van der Waals surface area contributed by atoms with Crippen molar-refractivity contribution in [2.45, 2.75) is 19.0 Å². The lowest BCUT2D eigenvalue weighted by Crippen LogP contribution is -2.30. The first kappa shape index (κ1) is 17.2. The van der Waals surface area contributed by atoms with Crippen molar-refractivity contribution in [3.8, 4) is 0 Å². The Labute approximate surface area is 167 Å². The Kier molecular flexibility index (Phi) is 4.54. The number of nitrogens with zero attached hydrogens (tertiary/aromatic N) is 3. The quantitative estimate of drug-likeness (QED) is 0.616. The molecule has 6 heteroatoms. The third-order valence-corrected chi connectivity index (χ3v) is 6.01. The van der Waals surface area contributed by atoms with Gasteiger partial charge in [0.2, 0.25) is 0 Å². The molecule has 0 spiro atoms. The molecular formula is C20H19BrN4S. The zero-order valence-electron chi connectivity index (χ0n) is 14.6. The summed E-state index contributed by atoms with van der Waals surface area (Å²) in [7, 11) is 2.07. The van der Waals surface area contributed by atoms with Crippen molar-refractivity contribution in [3.63, 3.8) is 0 Å².